The minimum Gasteiger partial charge on any atom is -0.395 e. The molecule has 5 heteroatoms. The van der Waals surface area contributed by atoms with Crippen molar-refractivity contribution in [3.8, 4) is 0 Å². The molecular weight excluding hydrogens is 786 g/mol. The van der Waals surface area contributed by atoms with Gasteiger partial charge in [-0.05, 0) is 64.0 Å². The fourth-order valence-electron chi connectivity index (χ4n) is 6.80. The number of aliphatic hydroxyl groups excluding tert-OH is 2. The van der Waals surface area contributed by atoms with Crippen LogP contribution in [0.3, 0.4) is 0 Å². The van der Waals surface area contributed by atoms with Crippen LogP contribution in [-0.4, -0.2) is 60.7 Å². The molecule has 0 aromatic heterocycles. The minimum atomic E-state index is -0.0250. The van der Waals surface area contributed by atoms with Gasteiger partial charge in [-0.3, -0.25) is 0 Å². The van der Waals surface area contributed by atoms with Crippen LogP contribution in [0.2, 0.25) is 0 Å². The molecule has 0 aromatic carbocycles. The average Bonchev–Trinajstić information content (AvgIpc) is 3.11. The summed E-state index contributed by atoms with van der Waals surface area (Å²) in [6.45, 7) is 18.3. The number of nitrogens with zero attached hydrogens (tertiary/aromatic N) is 1. The van der Waals surface area contributed by atoms with Gasteiger partial charge in [-0.1, -0.05) is 182 Å². The Morgan fingerprint density at radius 3 is 1.32 bits per heavy atom. The third-order valence-electron chi connectivity index (χ3n) is 10.2. The van der Waals surface area contributed by atoms with Crippen LogP contribution in [0.15, 0.2) is 0 Å². The predicted octanol–water partition coefficient (Wildman–Crippen LogP) is 13.7. The van der Waals surface area contributed by atoms with Gasteiger partial charge in [0.15, 0.2) is 0 Å². The second kappa shape index (κ2) is 49.5. The summed E-state index contributed by atoms with van der Waals surface area (Å²) in [7, 11) is 0. The summed E-state index contributed by atoms with van der Waals surface area (Å²) in [5, 5.41) is 19.1. The van der Waals surface area contributed by atoms with Gasteiger partial charge in [0.05, 0.1) is 12.7 Å². The summed E-state index contributed by atoms with van der Waals surface area (Å²) in [6.07, 6.45) is 41.5. The number of aliphatic hydroxyl groups is 2. The van der Waals surface area contributed by atoms with E-state index < -0.39 is 0 Å². The zero-order valence-electron chi connectivity index (χ0n) is 34.9. The molecule has 0 saturated carbocycles. The van der Waals surface area contributed by atoms with E-state index >= 15 is 0 Å². The SMILES string of the molecule is CCCCCCCCC(O)CCCCCC.[CH2-]CCCCCN(CCO)CCCCCCOCC(CCCCCC)CCCCCCCC.[W]. The van der Waals surface area contributed by atoms with E-state index in [9.17, 15) is 10.2 Å². The van der Waals surface area contributed by atoms with Crippen LogP contribution in [-0.2, 0) is 25.8 Å². The van der Waals surface area contributed by atoms with Crippen molar-refractivity contribution in [2.24, 2.45) is 5.92 Å². The Hall–Kier alpha value is 0.528. The summed E-state index contributed by atoms with van der Waals surface area (Å²) in [6, 6.07) is 0. The van der Waals surface area contributed by atoms with Crippen molar-refractivity contribution in [1.29, 1.82) is 0 Å². The van der Waals surface area contributed by atoms with Crippen molar-refractivity contribution in [1.82, 2.24) is 4.90 Å². The van der Waals surface area contributed by atoms with E-state index in [1.165, 1.54) is 186 Å². The van der Waals surface area contributed by atoms with E-state index in [0.29, 0.717) is 0 Å². The van der Waals surface area contributed by atoms with E-state index in [4.69, 9.17) is 4.74 Å². The van der Waals surface area contributed by atoms with Crippen LogP contribution in [0, 0.1) is 12.8 Å². The van der Waals surface area contributed by atoms with E-state index in [1.807, 2.05) is 0 Å². The number of ether oxygens (including phenoxy) is 1. The normalized spacial score (nSPS) is 12.5. The van der Waals surface area contributed by atoms with E-state index in [1.54, 1.807) is 0 Å². The van der Waals surface area contributed by atoms with Gasteiger partial charge in [-0.25, -0.2) is 0 Å². The van der Waals surface area contributed by atoms with E-state index in [-0.39, 0.29) is 33.8 Å². The molecule has 0 fully saturated rings. The molecule has 2 unspecified atom stereocenters. The van der Waals surface area contributed by atoms with E-state index in [2.05, 4.69) is 39.5 Å². The maximum absolute atomic E-state index is 9.75. The van der Waals surface area contributed by atoms with Gasteiger partial charge in [0, 0.05) is 40.8 Å². The van der Waals surface area contributed by atoms with Crippen LogP contribution in [0.4, 0.5) is 0 Å². The zero-order chi connectivity index (χ0) is 36.3. The maximum atomic E-state index is 9.75. The van der Waals surface area contributed by atoms with E-state index in [0.717, 1.165) is 58.0 Å². The topological polar surface area (TPSA) is 52.9 Å². The van der Waals surface area contributed by atoms with Gasteiger partial charge < -0.3 is 26.8 Å². The Kier molecular flexibility index (Phi) is 54.4. The number of hydrogen-bond donors (Lipinski definition) is 2. The van der Waals surface area contributed by atoms with Crippen LogP contribution >= 0.6 is 0 Å². The van der Waals surface area contributed by atoms with Crippen molar-refractivity contribution in [3.63, 3.8) is 0 Å². The smallest absolute Gasteiger partial charge is 0.0558 e. The standard InChI is InChI=1S/C30H62NO2.C15H32O.W/c1-4-7-10-13-14-18-23-30(22-17-11-8-5-2)29-33-28-21-16-15-20-25-31(26-27-32)24-19-12-9-6-3;1-3-5-7-9-10-12-14-15(16)13-11-8-6-4-2;/h30,32H,3-29H2,1-2H3;15-16H,3-14H2,1-2H3;/q-1;;. The molecule has 0 aliphatic rings. The zero-order valence-corrected chi connectivity index (χ0v) is 37.8. The molecule has 4 nitrogen and oxygen atoms in total. The predicted molar refractivity (Wildman–Crippen MR) is 220 cm³/mol. The largest absolute Gasteiger partial charge is 0.395 e. The Labute approximate surface area is 331 Å². The van der Waals surface area contributed by atoms with Gasteiger partial charge in [0.1, 0.15) is 0 Å². The van der Waals surface area contributed by atoms with Crippen molar-refractivity contribution in [3.05, 3.63) is 6.92 Å². The van der Waals surface area contributed by atoms with Crippen LogP contribution in [0.25, 0.3) is 0 Å². The van der Waals surface area contributed by atoms with Crippen molar-refractivity contribution in [2.75, 3.05) is 39.5 Å². The van der Waals surface area contributed by atoms with Gasteiger partial charge in [0.25, 0.3) is 0 Å². The Morgan fingerprint density at radius 2 is 0.860 bits per heavy atom. The molecule has 0 aromatic rings. The third kappa shape index (κ3) is 46.5. The van der Waals surface area contributed by atoms with Crippen LogP contribution in [0.1, 0.15) is 233 Å². The summed E-state index contributed by atoms with van der Waals surface area (Å²) >= 11 is 0. The van der Waals surface area contributed by atoms with Crippen molar-refractivity contribution < 1.29 is 36.0 Å². The molecule has 0 rings (SSSR count). The van der Waals surface area contributed by atoms with Crippen molar-refractivity contribution >= 4 is 0 Å². The molecule has 0 radical (unpaired) electrons. The molecule has 304 valence electrons. The Bertz CT molecular complexity index is 566. The Morgan fingerprint density at radius 1 is 0.480 bits per heavy atom. The summed E-state index contributed by atoms with van der Waals surface area (Å²) in [4.78, 5) is 2.44. The van der Waals surface area contributed by atoms with Crippen LogP contribution < -0.4 is 0 Å². The molecular formula is C45H94NO3W-. The van der Waals surface area contributed by atoms with Crippen molar-refractivity contribution in [2.45, 2.75) is 239 Å². The molecule has 0 amide bonds. The number of hydrogen-bond acceptors (Lipinski definition) is 4. The quantitative estimate of drug-likeness (QED) is 0.0476. The fourth-order valence-corrected chi connectivity index (χ4v) is 6.80. The first kappa shape index (κ1) is 54.9. The number of unbranched alkanes of at least 4 members (excludes halogenated alkanes) is 22. The first-order valence-electron chi connectivity index (χ1n) is 22.5. The third-order valence-corrected chi connectivity index (χ3v) is 10.2. The molecule has 50 heavy (non-hydrogen) atoms. The first-order chi connectivity index (χ1) is 24.1. The van der Waals surface area contributed by atoms with Gasteiger partial charge >= 0.3 is 0 Å². The first-order valence-corrected chi connectivity index (χ1v) is 22.5. The molecule has 0 bridgehead atoms. The summed E-state index contributed by atoms with van der Waals surface area (Å²) < 4.78 is 6.14. The summed E-state index contributed by atoms with van der Waals surface area (Å²) in [5.41, 5.74) is 0. The molecule has 2 N–H and O–H groups in total. The second-order valence-electron chi connectivity index (χ2n) is 15.3. The van der Waals surface area contributed by atoms with Crippen LogP contribution in [0.5, 0.6) is 0 Å². The molecule has 0 spiro atoms. The maximum Gasteiger partial charge on any atom is 0.0558 e. The average molecular weight is 881 g/mol. The molecule has 2 atom stereocenters. The monoisotopic (exact) mass is 881 g/mol. The number of rotatable bonds is 40. The second-order valence-corrected chi connectivity index (χ2v) is 15.3. The van der Waals surface area contributed by atoms with Gasteiger partial charge in [-0.2, -0.15) is 6.42 Å². The van der Waals surface area contributed by atoms with Gasteiger partial charge in [0.2, 0.25) is 0 Å². The molecule has 0 heterocycles. The molecule has 0 aliphatic heterocycles. The molecule has 0 saturated heterocycles. The summed E-state index contributed by atoms with van der Waals surface area (Å²) in [5.74, 6) is 0.781. The fraction of sp³-hybridized carbons (Fsp3) is 0.978. The minimum absolute atomic E-state index is 0. The van der Waals surface area contributed by atoms with Gasteiger partial charge in [-0.15, -0.1) is 0 Å². The molecule has 0 aliphatic carbocycles. The Balaban J connectivity index is -0.00000109.